The third-order valence-corrected chi connectivity index (χ3v) is 8.12. The van der Waals surface area contributed by atoms with E-state index >= 15 is 0 Å². The molecule has 0 amide bonds. The molecule has 0 fully saturated rings. The Balaban J connectivity index is 1.35. The summed E-state index contributed by atoms with van der Waals surface area (Å²) in [4.78, 5) is 30.7. The van der Waals surface area contributed by atoms with Gasteiger partial charge in [-0.15, -0.1) is 0 Å². The highest BCUT2D eigenvalue weighted by Gasteiger charge is 2.21. The van der Waals surface area contributed by atoms with Crippen LogP contribution >= 0.6 is 11.3 Å². The largest absolute Gasteiger partial charge is 0.490 e. The zero-order chi connectivity index (χ0) is 28.1. The first kappa shape index (κ1) is 25.1. The van der Waals surface area contributed by atoms with Crippen molar-refractivity contribution in [3.05, 3.63) is 132 Å². The molecule has 3 aromatic carbocycles. The van der Waals surface area contributed by atoms with E-state index in [-0.39, 0.29) is 22.3 Å². The van der Waals surface area contributed by atoms with E-state index in [1.165, 1.54) is 4.52 Å². The van der Waals surface area contributed by atoms with Gasteiger partial charge in [0.05, 0.1) is 10.2 Å². The van der Waals surface area contributed by atoms with Gasteiger partial charge in [-0.2, -0.15) is 19.7 Å². The normalized spacial score (nSPS) is 14.9. The van der Waals surface area contributed by atoms with Crippen molar-refractivity contribution < 1.29 is 4.74 Å². The number of hydrogen-bond acceptors (Lipinski definition) is 7. The van der Waals surface area contributed by atoms with Crippen LogP contribution in [0.3, 0.4) is 0 Å². The molecule has 3 aromatic heterocycles. The predicted octanol–water partition coefficient (Wildman–Crippen LogP) is 4.13. The van der Waals surface area contributed by atoms with Crippen molar-refractivity contribution in [1.82, 2.24) is 24.4 Å². The Morgan fingerprint density at radius 2 is 1.83 bits per heavy atom. The van der Waals surface area contributed by atoms with Crippen LogP contribution in [0.5, 0.6) is 5.75 Å². The van der Waals surface area contributed by atoms with Gasteiger partial charge in [-0.25, -0.2) is 4.68 Å². The van der Waals surface area contributed by atoms with Crippen molar-refractivity contribution in [2.45, 2.75) is 32.8 Å². The van der Waals surface area contributed by atoms with Crippen LogP contribution in [0.25, 0.3) is 28.0 Å². The first-order chi connectivity index (χ1) is 19.9. The number of thiazole rings is 1. The maximum Gasteiger partial charge on any atom is 0.296 e. The summed E-state index contributed by atoms with van der Waals surface area (Å²) in [5.74, 6) is 0.893. The molecule has 1 unspecified atom stereocenters. The van der Waals surface area contributed by atoms with Gasteiger partial charge in [0.25, 0.3) is 11.1 Å². The lowest BCUT2D eigenvalue weighted by molar-refractivity contribution is 0.254. The molecule has 0 saturated carbocycles. The number of hydrogen-bond donors (Lipinski definition) is 0. The van der Waals surface area contributed by atoms with Gasteiger partial charge in [0.2, 0.25) is 4.96 Å². The number of rotatable bonds is 5. The van der Waals surface area contributed by atoms with Crippen molar-refractivity contribution in [2.24, 2.45) is 0 Å². The van der Waals surface area contributed by atoms with Crippen LogP contribution in [0.4, 0.5) is 0 Å². The van der Waals surface area contributed by atoms with Crippen molar-refractivity contribution in [2.75, 3.05) is 0 Å². The summed E-state index contributed by atoms with van der Waals surface area (Å²) in [6.07, 6.45) is 4.99. The van der Waals surface area contributed by atoms with Gasteiger partial charge >= 0.3 is 0 Å². The maximum atomic E-state index is 13.5. The number of ether oxygens (including phenoxy) is 1. The molecule has 9 heteroatoms. The van der Waals surface area contributed by atoms with Gasteiger partial charge in [-0.1, -0.05) is 59.4 Å². The highest BCUT2D eigenvalue weighted by atomic mass is 32.1. The Morgan fingerprint density at radius 3 is 2.63 bits per heavy atom. The van der Waals surface area contributed by atoms with Crippen LogP contribution in [0.1, 0.15) is 34.9 Å². The van der Waals surface area contributed by atoms with E-state index < -0.39 is 5.56 Å². The fourth-order valence-corrected chi connectivity index (χ4v) is 5.99. The Hall–Kier alpha value is -4.89. The second-order valence-corrected chi connectivity index (χ2v) is 11.3. The third-order valence-electron chi connectivity index (χ3n) is 7.16. The van der Waals surface area contributed by atoms with Crippen LogP contribution < -0.4 is 20.4 Å². The lowest BCUT2D eigenvalue weighted by Crippen LogP contribution is -2.28. The molecule has 41 heavy (non-hydrogen) atoms. The first-order valence-electron chi connectivity index (χ1n) is 13.4. The minimum atomic E-state index is -0.425. The molecule has 0 radical (unpaired) electrons. The summed E-state index contributed by atoms with van der Waals surface area (Å²) >= 11 is 1.14. The second kappa shape index (κ2) is 9.94. The predicted molar refractivity (Wildman–Crippen MR) is 159 cm³/mol. The first-order valence-corrected chi connectivity index (χ1v) is 14.2. The molecule has 7 rings (SSSR count). The van der Waals surface area contributed by atoms with Crippen molar-refractivity contribution >= 4 is 22.4 Å². The average Bonchev–Trinajstić information content (AvgIpc) is 3.65. The number of aromatic nitrogens is 5. The zero-order valence-corrected chi connectivity index (χ0v) is 23.3. The number of nitrogens with zero attached hydrogens (tertiary/aromatic N) is 5. The quantitative estimate of drug-likeness (QED) is 0.316. The van der Waals surface area contributed by atoms with Gasteiger partial charge in [-0.3, -0.25) is 9.59 Å². The van der Waals surface area contributed by atoms with Crippen LogP contribution in [0, 0.1) is 6.92 Å². The van der Waals surface area contributed by atoms with Gasteiger partial charge in [0, 0.05) is 30.2 Å². The minimum absolute atomic E-state index is 0.133. The summed E-state index contributed by atoms with van der Waals surface area (Å²) in [6.45, 7) is 4.06. The van der Waals surface area contributed by atoms with Crippen LogP contribution in [-0.2, 0) is 12.8 Å². The summed E-state index contributed by atoms with van der Waals surface area (Å²) < 4.78 is 9.36. The molecule has 1 aliphatic rings. The topological polar surface area (TPSA) is 91.4 Å². The van der Waals surface area contributed by atoms with E-state index in [0.29, 0.717) is 11.0 Å². The molecular weight excluding hydrogens is 534 g/mol. The van der Waals surface area contributed by atoms with Crippen molar-refractivity contribution in [1.29, 1.82) is 0 Å². The molecule has 1 aliphatic heterocycles. The summed E-state index contributed by atoms with van der Waals surface area (Å²) in [5, 5.41) is 9.33. The molecular formula is C32H25N5O3S. The third kappa shape index (κ3) is 4.74. The fourth-order valence-electron chi connectivity index (χ4n) is 5.09. The average molecular weight is 560 g/mol. The highest BCUT2D eigenvalue weighted by Crippen LogP contribution is 2.34. The molecule has 202 valence electrons. The molecule has 0 saturated heterocycles. The lowest BCUT2D eigenvalue weighted by Gasteiger charge is -2.04. The van der Waals surface area contributed by atoms with Gasteiger partial charge < -0.3 is 4.74 Å². The van der Waals surface area contributed by atoms with E-state index in [2.05, 4.69) is 23.1 Å². The van der Waals surface area contributed by atoms with E-state index in [9.17, 15) is 9.59 Å². The molecule has 1 atom stereocenters. The Kier molecular flexibility index (Phi) is 6.09. The monoisotopic (exact) mass is 559 g/mol. The van der Waals surface area contributed by atoms with Crippen molar-refractivity contribution in [3.8, 4) is 22.7 Å². The van der Waals surface area contributed by atoms with Gasteiger partial charge in [0.1, 0.15) is 23.2 Å². The fraction of sp³-hybridized carbons (Fsp3) is 0.156. The number of benzene rings is 3. The molecule has 0 N–H and O–H groups in total. The highest BCUT2D eigenvalue weighted by molar-refractivity contribution is 7.15. The van der Waals surface area contributed by atoms with Crippen molar-refractivity contribution in [3.63, 3.8) is 0 Å². The summed E-state index contributed by atoms with van der Waals surface area (Å²) in [6, 6.07) is 23.8. The number of aryl methyl sites for hydroxylation is 1. The smallest absolute Gasteiger partial charge is 0.296 e. The van der Waals surface area contributed by atoms with E-state index in [0.717, 1.165) is 62.7 Å². The Bertz CT molecular complexity index is 2100. The molecule has 0 bridgehead atoms. The second-order valence-electron chi connectivity index (χ2n) is 10.3. The molecule has 0 spiro atoms. The van der Waals surface area contributed by atoms with Gasteiger partial charge in [0.15, 0.2) is 0 Å². The summed E-state index contributed by atoms with van der Waals surface area (Å²) in [5.41, 5.74) is 6.03. The van der Waals surface area contributed by atoms with E-state index in [4.69, 9.17) is 9.84 Å². The Morgan fingerprint density at radius 1 is 1.02 bits per heavy atom. The van der Waals surface area contributed by atoms with E-state index in [1.807, 2.05) is 90.6 Å². The van der Waals surface area contributed by atoms with Crippen LogP contribution in [0.15, 0.2) is 88.6 Å². The number of fused-ring (bicyclic) bond motifs is 2. The summed E-state index contributed by atoms with van der Waals surface area (Å²) in [7, 11) is 0. The minimum Gasteiger partial charge on any atom is -0.490 e. The molecule has 8 nitrogen and oxygen atoms in total. The Labute approximate surface area is 238 Å². The molecule has 6 aromatic rings. The van der Waals surface area contributed by atoms with Gasteiger partial charge in [-0.05, 0) is 61.4 Å². The maximum absolute atomic E-state index is 13.5. The van der Waals surface area contributed by atoms with Crippen LogP contribution in [0.2, 0.25) is 0 Å². The standard InChI is InChI=1S/C32H25N5O3S/c1-19-8-10-21(11-9-19)15-26-30(38)33-32-37(34-26)31(39)28(41-32)17-24-18-36(25-6-4-3-5-7-25)35-29(24)22-12-13-27-23(16-22)14-20(2)40-27/h3-13,16-18,20H,14-15H2,1-2H3/b28-17-. The molecule has 0 aliphatic carbocycles. The lowest BCUT2D eigenvalue weighted by atomic mass is 10.0. The van der Waals surface area contributed by atoms with E-state index in [1.54, 1.807) is 0 Å². The SMILES string of the molecule is Cc1ccc(Cc2nn3c(=O)/c(=C/c4cn(-c5ccccc5)nc4-c4ccc5c(c4)CC(C)O5)sc3nc2=O)cc1. The van der Waals surface area contributed by atoms with Crippen LogP contribution in [-0.4, -0.2) is 30.5 Å². The molecule has 4 heterocycles. The zero-order valence-electron chi connectivity index (χ0n) is 22.4. The number of para-hydroxylation sites is 1.